The third kappa shape index (κ3) is 3.98. The van der Waals surface area contributed by atoms with Gasteiger partial charge in [0.15, 0.2) is 0 Å². The van der Waals surface area contributed by atoms with Crippen molar-refractivity contribution in [2.24, 2.45) is 5.73 Å². The van der Waals surface area contributed by atoms with Gasteiger partial charge in [0.1, 0.15) is 5.82 Å². The second kappa shape index (κ2) is 7.11. The maximum Gasteiger partial charge on any atom is 0.127 e. The molecule has 2 N–H and O–H groups in total. The predicted molar refractivity (Wildman–Crippen MR) is 83.9 cm³/mol. The summed E-state index contributed by atoms with van der Waals surface area (Å²) < 4.78 is 14.0. The normalized spacial score (nSPS) is 12.4. The zero-order valence-electron chi connectivity index (χ0n) is 11.3. The molecule has 2 aromatic carbocycles. The molecule has 0 spiro atoms. The lowest BCUT2D eigenvalue weighted by Gasteiger charge is -2.14. The monoisotopic (exact) mass is 309 g/mol. The predicted octanol–water partition coefficient (Wildman–Crippen LogP) is 4.91. The first-order chi connectivity index (χ1) is 9.60. The van der Waals surface area contributed by atoms with Crippen molar-refractivity contribution in [1.82, 2.24) is 0 Å². The van der Waals surface area contributed by atoms with E-state index >= 15 is 0 Å². The summed E-state index contributed by atoms with van der Waals surface area (Å²) in [4.78, 5) is 1.89. The summed E-state index contributed by atoms with van der Waals surface area (Å²) in [6, 6.07) is 12.7. The van der Waals surface area contributed by atoms with Crippen LogP contribution >= 0.6 is 23.4 Å². The van der Waals surface area contributed by atoms with Crippen LogP contribution < -0.4 is 5.73 Å². The molecule has 4 heteroatoms. The minimum Gasteiger partial charge on any atom is -0.327 e. The molecule has 0 radical (unpaired) electrons. The Morgan fingerprint density at radius 2 is 2.00 bits per heavy atom. The van der Waals surface area contributed by atoms with Gasteiger partial charge < -0.3 is 5.73 Å². The highest BCUT2D eigenvalue weighted by atomic mass is 35.5. The standard InChI is InChI=1S/C16H17ClFNS/c1-2-12(19)10-14-15(18)7-4-8-16(14)20-13-6-3-5-11(17)9-13/h3-9,12H,2,10,19H2,1H3. The molecular formula is C16H17ClFNS. The van der Waals surface area contributed by atoms with E-state index in [2.05, 4.69) is 0 Å². The molecule has 2 aromatic rings. The van der Waals surface area contributed by atoms with Crippen LogP contribution in [0.15, 0.2) is 52.3 Å². The van der Waals surface area contributed by atoms with Gasteiger partial charge in [-0.3, -0.25) is 0 Å². The summed E-state index contributed by atoms with van der Waals surface area (Å²) in [5.74, 6) is -0.194. The van der Waals surface area contributed by atoms with E-state index < -0.39 is 0 Å². The molecule has 0 fully saturated rings. The van der Waals surface area contributed by atoms with Crippen LogP contribution in [0, 0.1) is 5.82 Å². The average Bonchev–Trinajstić information content (AvgIpc) is 2.42. The van der Waals surface area contributed by atoms with Crippen molar-refractivity contribution in [3.8, 4) is 0 Å². The molecule has 0 aliphatic rings. The first-order valence-electron chi connectivity index (χ1n) is 6.56. The number of rotatable bonds is 5. The number of halogens is 2. The van der Waals surface area contributed by atoms with Gasteiger partial charge >= 0.3 is 0 Å². The summed E-state index contributed by atoms with van der Waals surface area (Å²) in [7, 11) is 0. The van der Waals surface area contributed by atoms with Gasteiger partial charge in [0.25, 0.3) is 0 Å². The van der Waals surface area contributed by atoms with Crippen molar-refractivity contribution < 1.29 is 4.39 Å². The van der Waals surface area contributed by atoms with Gasteiger partial charge in [0.2, 0.25) is 0 Å². The molecular weight excluding hydrogens is 293 g/mol. The van der Waals surface area contributed by atoms with Crippen LogP contribution in [0.2, 0.25) is 5.02 Å². The first-order valence-corrected chi connectivity index (χ1v) is 7.76. The Bertz CT molecular complexity index is 588. The summed E-state index contributed by atoms with van der Waals surface area (Å²) in [5.41, 5.74) is 6.65. The van der Waals surface area contributed by atoms with Crippen LogP contribution in [0.4, 0.5) is 4.39 Å². The molecule has 0 heterocycles. The molecule has 106 valence electrons. The van der Waals surface area contributed by atoms with E-state index in [-0.39, 0.29) is 11.9 Å². The number of hydrogen-bond donors (Lipinski definition) is 1. The lowest BCUT2D eigenvalue weighted by atomic mass is 10.0. The van der Waals surface area contributed by atoms with Gasteiger partial charge in [-0.15, -0.1) is 0 Å². The molecule has 0 aromatic heterocycles. The second-order valence-electron chi connectivity index (χ2n) is 4.65. The number of hydrogen-bond acceptors (Lipinski definition) is 2. The highest BCUT2D eigenvalue weighted by Gasteiger charge is 2.13. The SMILES string of the molecule is CCC(N)Cc1c(F)cccc1Sc1cccc(Cl)c1. The van der Waals surface area contributed by atoms with Crippen LogP contribution in [-0.4, -0.2) is 6.04 Å². The smallest absolute Gasteiger partial charge is 0.127 e. The van der Waals surface area contributed by atoms with Gasteiger partial charge in [0.05, 0.1) is 0 Å². The summed E-state index contributed by atoms with van der Waals surface area (Å²) >= 11 is 7.50. The Labute approximate surface area is 128 Å². The van der Waals surface area contributed by atoms with E-state index in [1.165, 1.54) is 17.8 Å². The van der Waals surface area contributed by atoms with Gasteiger partial charge in [-0.1, -0.05) is 42.4 Å². The minimum absolute atomic E-state index is 0.0226. The van der Waals surface area contributed by atoms with E-state index in [1.807, 2.05) is 37.3 Å². The van der Waals surface area contributed by atoms with E-state index in [9.17, 15) is 4.39 Å². The average molecular weight is 310 g/mol. The lowest BCUT2D eigenvalue weighted by molar-refractivity contribution is 0.571. The van der Waals surface area contributed by atoms with Crippen molar-refractivity contribution in [3.05, 3.63) is 58.9 Å². The summed E-state index contributed by atoms with van der Waals surface area (Å²) in [5, 5.41) is 0.679. The molecule has 1 unspecified atom stereocenters. The molecule has 0 saturated carbocycles. The molecule has 20 heavy (non-hydrogen) atoms. The molecule has 1 atom stereocenters. The molecule has 0 bridgehead atoms. The zero-order valence-corrected chi connectivity index (χ0v) is 12.8. The van der Waals surface area contributed by atoms with Crippen molar-refractivity contribution in [2.45, 2.75) is 35.6 Å². The number of benzene rings is 2. The van der Waals surface area contributed by atoms with Crippen molar-refractivity contribution >= 4 is 23.4 Å². The van der Waals surface area contributed by atoms with Crippen LogP contribution in [0.1, 0.15) is 18.9 Å². The third-order valence-corrected chi connectivity index (χ3v) is 4.42. The molecule has 0 aliphatic heterocycles. The molecule has 0 aliphatic carbocycles. The Morgan fingerprint density at radius 1 is 1.25 bits per heavy atom. The Morgan fingerprint density at radius 3 is 2.70 bits per heavy atom. The van der Waals surface area contributed by atoms with E-state index in [0.29, 0.717) is 17.0 Å². The third-order valence-electron chi connectivity index (χ3n) is 3.09. The molecule has 0 amide bonds. The van der Waals surface area contributed by atoms with Gasteiger partial charge in [-0.2, -0.15) is 0 Å². The Kier molecular flexibility index (Phi) is 5.46. The van der Waals surface area contributed by atoms with Gasteiger partial charge in [-0.05, 0) is 43.2 Å². The fraction of sp³-hybridized carbons (Fsp3) is 0.250. The van der Waals surface area contributed by atoms with E-state index in [0.717, 1.165) is 16.2 Å². The van der Waals surface area contributed by atoms with E-state index in [1.54, 1.807) is 6.07 Å². The maximum atomic E-state index is 14.0. The molecule has 0 saturated heterocycles. The highest BCUT2D eigenvalue weighted by molar-refractivity contribution is 7.99. The summed E-state index contributed by atoms with van der Waals surface area (Å²) in [6.45, 7) is 2.01. The minimum atomic E-state index is -0.194. The van der Waals surface area contributed by atoms with Crippen LogP contribution in [0.25, 0.3) is 0 Å². The maximum absolute atomic E-state index is 14.0. The lowest BCUT2D eigenvalue weighted by Crippen LogP contribution is -2.22. The van der Waals surface area contributed by atoms with Crippen LogP contribution in [0.5, 0.6) is 0 Å². The second-order valence-corrected chi connectivity index (χ2v) is 6.20. The first kappa shape index (κ1) is 15.4. The topological polar surface area (TPSA) is 26.0 Å². The van der Waals surface area contributed by atoms with Gasteiger partial charge in [0, 0.05) is 26.4 Å². The molecule has 1 nitrogen and oxygen atoms in total. The van der Waals surface area contributed by atoms with Crippen LogP contribution in [0.3, 0.4) is 0 Å². The summed E-state index contributed by atoms with van der Waals surface area (Å²) in [6.07, 6.45) is 1.38. The van der Waals surface area contributed by atoms with Crippen LogP contribution in [-0.2, 0) is 6.42 Å². The van der Waals surface area contributed by atoms with E-state index in [4.69, 9.17) is 17.3 Å². The van der Waals surface area contributed by atoms with Crippen molar-refractivity contribution in [3.63, 3.8) is 0 Å². The fourth-order valence-corrected chi connectivity index (χ4v) is 3.19. The molecule has 2 rings (SSSR count). The Balaban J connectivity index is 2.29. The highest BCUT2D eigenvalue weighted by Crippen LogP contribution is 2.33. The largest absolute Gasteiger partial charge is 0.327 e. The fourth-order valence-electron chi connectivity index (χ4n) is 1.90. The Hall–Kier alpha value is -1.03. The zero-order chi connectivity index (χ0) is 14.5. The van der Waals surface area contributed by atoms with Crippen molar-refractivity contribution in [1.29, 1.82) is 0 Å². The van der Waals surface area contributed by atoms with Gasteiger partial charge in [-0.25, -0.2) is 4.39 Å². The number of nitrogens with two attached hydrogens (primary N) is 1. The van der Waals surface area contributed by atoms with Crippen molar-refractivity contribution in [2.75, 3.05) is 0 Å². The quantitative estimate of drug-likeness (QED) is 0.849.